The van der Waals surface area contributed by atoms with Crippen molar-refractivity contribution in [1.82, 2.24) is 4.98 Å². The van der Waals surface area contributed by atoms with Crippen LogP contribution in [0.25, 0.3) is 0 Å². The summed E-state index contributed by atoms with van der Waals surface area (Å²) in [5.74, 6) is -1.90. The maximum Gasteiger partial charge on any atom is 0.311 e. The number of carbonyl (C=O) groups excluding carboxylic acids is 1. The molecule has 0 unspecified atom stereocenters. The standard InChI is InChI=1S/C10H9ClF3NO2/c1-17-9(16)3-7-5(10(13)14)2-6(12)8(4-11)15-7/h2,10H,3-4H2,1H3. The third-order valence-corrected chi connectivity index (χ3v) is 2.32. The number of pyridine rings is 1. The van der Waals surface area contributed by atoms with Gasteiger partial charge in [-0.1, -0.05) is 0 Å². The Kier molecular flexibility index (Phi) is 4.74. The highest BCUT2D eigenvalue weighted by Crippen LogP contribution is 2.25. The van der Waals surface area contributed by atoms with E-state index in [1.165, 1.54) is 0 Å². The minimum absolute atomic E-state index is 0.171. The summed E-state index contributed by atoms with van der Waals surface area (Å²) in [6.07, 6.45) is -3.36. The number of ether oxygens (including phenoxy) is 1. The molecule has 94 valence electrons. The molecule has 0 aromatic carbocycles. The third kappa shape index (κ3) is 3.33. The minimum atomic E-state index is -2.92. The number of methoxy groups -OCH3 is 1. The zero-order valence-electron chi connectivity index (χ0n) is 8.84. The van der Waals surface area contributed by atoms with Crippen molar-refractivity contribution < 1.29 is 22.7 Å². The van der Waals surface area contributed by atoms with E-state index in [1.54, 1.807) is 0 Å². The lowest BCUT2D eigenvalue weighted by molar-refractivity contribution is -0.139. The maximum absolute atomic E-state index is 13.2. The van der Waals surface area contributed by atoms with E-state index in [2.05, 4.69) is 9.72 Å². The van der Waals surface area contributed by atoms with Crippen molar-refractivity contribution in [3.05, 3.63) is 28.8 Å². The molecular formula is C10H9ClF3NO2. The fourth-order valence-electron chi connectivity index (χ4n) is 1.22. The predicted molar refractivity (Wildman–Crippen MR) is 54.4 cm³/mol. The van der Waals surface area contributed by atoms with Crippen molar-refractivity contribution in [3.63, 3.8) is 0 Å². The number of esters is 1. The van der Waals surface area contributed by atoms with Gasteiger partial charge in [-0.25, -0.2) is 13.2 Å². The van der Waals surface area contributed by atoms with Gasteiger partial charge in [-0.15, -0.1) is 11.6 Å². The molecule has 0 aliphatic rings. The second-order valence-electron chi connectivity index (χ2n) is 3.14. The topological polar surface area (TPSA) is 39.2 Å². The van der Waals surface area contributed by atoms with Crippen LogP contribution in [0.4, 0.5) is 13.2 Å². The quantitative estimate of drug-likeness (QED) is 0.622. The van der Waals surface area contributed by atoms with Gasteiger partial charge in [0.1, 0.15) is 5.82 Å². The summed E-state index contributed by atoms with van der Waals surface area (Å²) in [5, 5.41) is 0. The van der Waals surface area contributed by atoms with Gasteiger partial charge in [-0.05, 0) is 6.07 Å². The number of hydrogen-bond acceptors (Lipinski definition) is 3. The number of aromatic nitrogens is 1. The average molecular weight is 268 g/mol. The first kappa shape index (κ1) is 13.8. The second kappa shape index (κ2) is 5.86. The molecule has 0 saturated heterocycles. The second-order valence-corrected chi connectivity index (χ2v) is 3.41. The minimum Gasteiger partial charge on any atom is -0.469 e. The summed E-state index contributed by atoms with van der Waals surface area (Å²) in [5.41, 5.74) is -1.01. The zero-order valence-corrected chi connectivity index (χ0v) is 9.60. The molecule has 1 aromatic heterocycles. The van der Waals surface area contributed by atoms with Crippen molar-refractivity contribution in [3.8, 4) is 0 Å². The molecule has 0 amide bonds. The van der Waals surface area contributed by atoms with E-state index in [0.717, 1.165) is 7.11 Å². The first-order valence-electron chi connectivity index (χ1n) is 4.58. The van der Waals surface area contributed by atoms with Crippen molar-refractivity contribution >= 4 is 17.6 Å². The molecule has 1 heterocycles. The van der Waals surface area contributed by atoms with Gasteiger partial charge in [0.2, 0.25) is 0 Å². The van der Waals surface area contributed by atoms with Crippen molar-refractivity contribution in [1.29, 1.82) is 0 Å². The number of alkyl halides is 3. The number of rotatable bonds is 4. The maximum atomic E-state index is 13.2. The van der Waals surface area contributed by atoms with E-state index in [0.29, 0.717) is 6.07 Å². The molecule has 0 atom stereocenters. The van der Waals surface area contributed by atoms with Gasteiger partial charge in [0.15, 0.2) is 0 Å². The van der Waals surface area contributed by atoms with Crippen LogP contribution < -0.4 is 0 Å². The van der Waals surface area contributed by atoms with E-state index in [-0.39, 0.29) is 17.3 Å². The molecule has 17 heavy (non-hydrogen) atoms. The van der Waals surface area contributed by atoms with Crippen molar-refractivity contribution in [2.45, 2.75) is 18.7 Å². The highest BCUT2D eigenvalue weighted by atomic mass is 35.5. The molecule has 0 bridgehead atoms. The Morgan fingerprint density at radius 3 is 2.65 bits per heavy atom. The van der Waals surface area contributed by atoms with Crippen LogP contribution in [0.1, 0.15) is 23.4 Å². The van der Waals surface area contributed by atoms with E-state index in [1.807, 2.05) is 0 Å². The summed E-state index contributed by atoms with van der Waals surface area (Å²) in [4.78, 5) is 14.6. The van der Waals surface area contributed by atoms with Crippen LogP contribution in [0.5, 0.6) is 0 Å². The molecule has 0 radical (unpaired) electrons. The monoisotopic (exact) mass is 267 g/mol. The molecule has 0 saturated carbocycles. The van der Waals surface area contributed by atoms with Crippen LogP contribution in [0.2, 0.25) is 0 Å². The van der Waals surface area contributed by atoms with Gasteiger partial charge in [-0.2, -0.15) is 0 Å². The summed E-state index contributed by atoms with van der Waals surface area (Å²) in [7, 11) is 1.12. The van der Waals surface area contributed by atoms with Gasteiger partial charge < -0.3 is 4.74 Å². The predicted octanol–water partition coefficient (Wildman–Crippen LogP) is 2.61. The average Bonchev–Trinajstić information content (AvgIpc) is 2.30. The van der Waals surface area contributed by atoms with E-state index in [9.17, 15) is 18.0 Å². The fourth-order valence-corrected chi connectivity index (χ4v) is 1.40. The number of hydrogen-bond donors (Lipinski definition) is 0. The molecule has 0 N–H and O–H groups in total. The SMILES string of the molecule is COC(=O)Cc1nc(CCl)c(F)cc1C(F)F. The highest BCUT2D eigenvalue weighted by Gasteiger charge is 2.20. The van der Waals surface area contributed by atoms with Gasteiger partial charge in [-0.3, -0.25) is 9.78 Å². The Morgan fingerprint density at radius 2 is 2.18 bits per heavy atom. The largest absolute Gasteiger partial charge is 0.469 e. The van der Waals surface area contributed by atoms with Crippen molar-refractivity contribution in [2.24, 2.45) is 0 Å². The number of carbonyl (C=O) groups is 1. The molecule has 0 aliphatic carbocycles. The molecule has 1 aromatic rings. The summed E-state index contributed by atoms with van der Waals surface area (Å²) in [6.45, 7) is 0. The summed E-state index contributed by atoms with van der Waals surface area (Å²) in [6, 6.07) is 0.646. The Morgan fingerprint density at radius 1 is 1.53 bits per heavy atom. The molecule has 0 spiro atoms. The van der Waals surface area contributed by atoms with E-state index >= 15 is 0 Å². The lowest BCUT2D eigenvalue weighted by Crippen LogP contribution is -2.11. The molecule has 3 nitrogen and oxygen atoms in total. The number of nitrogens with zero attached hydrogens (tertiary/aromatic N) is 1. The molecule has 7 heteroatoms. The number of halogens is 4. The fraction of sp³-hybridized carbons (Fsp3) is 0.400. The van der Waals surface area contributed by atoms with Crippen LogP contribution in [0, 0.1) is 5.82 Å². The molecule has 0 fully saturated rings. The van der Waals surface area contributed by atoms with Crippen LogP contribution in [-0.2, 0) is 21.8 Å². The van der Waals surface area contributed by atoms with Gasteiger partial charge >= 0.3 is 5.97 Å². The third-order valence-electron chi connectivity index (χ3n) is 2.06. The van der Waals surface area contributed by atoms with Crippen LogP contribution >= 0.6 is 11.6 Å². The zero-order chi connectivity index (χ0) is 13.0. The normalized spacial score (nSPS) is 10.7. The van der Waals surface area contributed by atoms with Crippen LogP contribution in [0.3, 0.4) is 0 Å². The smallest absolute Gasteiger partial charge is 0.311 e. The van der Waals surface area contributed by atoms with Crippen LogP contribution in [-0.4, -0.2) is 18.1 Å². The lowest BCUT2D eigenvalue weighted by atomic mass is 10.1. The molecular weight excluding hydrogens is 259 g/mol. The van der Waals surface area contributed by atoms with Crippen molar-refractivity contribution in [2.75, 3.05) is 7.11 Å². The Hall–Kier alpha value is -1.30. The molecule has 0 aliphatic heterocycles. The van der Waals surface area contributed by atoms with Gasteiger partial charge in [0.05, 0.1) is 30.8 Å². The Balaban J connectivity index is 3.19. The highest BCUT2D eigenvalue weighted by molar-refractivity contribution is 6.16. The van der Waals surface area contributed by atoms with Crippen LogP contribution in [0.15, 0.2) is 6.07 Å². The Labute approximate surface area is 101 Å². The summed E-state index contributed by atoms with van der Waals surface area (Å²) >= 11 is 5.40. The first-order chi connectivity index (χ1) is 7.99. The summed E-state index contributed by atoms with van der Waals surface area (Å²) < 4.78 is 42.8. The first-order valence-corrected chi connectivity index (χ1v) is 5.12. The lowest BCUT2D eigenvalue weighted by Gasteiger charge is -2.09. The van der Waals surface area contributed by atoms with Gasteiger partial charge in [0.25, 0.3) is 6.43 Å². The van der Waals surface area contributed by atoms with E-state index < -0.39 is 30.2 Å². The Bertz CT molecular complexity index is 426. The molecule has 1 rings (SSSR count). The van der Waals surface area contributed by atoms with Gasteiger partial charge in [0, 0.05) is 5.56 Å². The van der Waals surface area contributed by atoms with E-state index in [4.69, 9.17) is 11.6 Å².